The van der Waals surface area contributed by atoms with E-state index in [0.717, 1.165) is 12.8 Å². The average molecular weight is 283 g/mol. The van der Waals surface area contributed by atoms with Crippen LogP contribution in [0.5, 0.6) is 5.75 Å². The van der Waals surface area contributed by atoms with Crippen LogP contribution in [-0.2, 0) is 0 Å². The van der Waals surface area contributed by atoms with Gasteiger partial charge in [-0.05, 0) is 25.0 Å². The fourth-order valence-corrected chi connectivity index (χ4v) is 2.66. The molecule has 1 aliphatic rings. The van der Waals surface area contributed by atoms with E-state index in [1.165, 1.54) is 26.4 Å². The Morgan fingerprint density at radius 1 is 1.32 bits per heavy atom. The summed E-state index contributed by atoms with van der Waals surface area (Å²) in [5.74, 6) is 0.489. The lowest BCUT2D eigenvalue weighted by atomic mass is 9.96. The largest absolute Gasteiger partial charge is 0.493 e. The maximum atomic E-state index is 11.9. The van der Waals surface area contributed by atoms with Gasteiger partial charge in [0.05, 0.1) is 17.8 Å². The van der Waals surface area contributed by atoms with E-state index in [1.54, 1.807) is 18.2 Å². The molecule has 5 heteroatoms. The normalized spacial score (nSPS) is 15.9. The first-order chi connectivity index (χ1) is 9.20. The third-order valence-corrected chi connectivity index (χ3v) is 3.66. The zero-order chi connectivity index (χ0) is 13.7. The van der Waals surface area contributed by atoms with Crippen molar-refractivity contribution < 1.29 is 9.53 Å². The van der Waals surface area contributed by atoms with E-state index in [2.05, 4.69) is 10.6 Å². The Morgan fingerprint density at radius 2 is 2.05 bits per heavy atom. The fraction of sp³-hybridized carbons (Fsp3) is 0.500. The minimum Gasteiger partial charge on any atom is -0.493 e. The monoisotopic (exact) mass is 282 g/mol. The summed E-state index contributed by atoms with van der Waals surface area (Å²) in [6.07, 6.45) is 5.75. The molecule has 0 aromatic heterocycles. The number of hydrogen-bond donors (Lipinski definition) is 2. The molecule has 19 heavy (non-hydrogen) atoms. The summed E-state index contributed by atoms with van der Waals surface area (Å²) in [6, 6.07) is 5.35. The van der Waals surface area contributed by atoms with E-state index in [0.29, 0.717) is 16.5 Å². The fourth-order valence-electron chi connectivity index (χ4n) is 2.41. The van der Waals surface area contributed by atoms with Gasteiger partial charge in [-0.1, -0.05) is 36.9 Å². The predicted molar refractivity (Wildman–Crippen MR) is 77.0 cm³/mol. The van der Waals surface area contributed by atoms with E-state index >= 15 is 0 Å². The average Bonchev–Trinajstić information content (AvgIpc) is 2.40. The first-order valence-corrected chi connectivity index (χ1v) is 6.98. The summed E-state index contributed by atoms with van der Waals surface area (Å²) in [7, 11) is 1.53. The summed E-state index contributed by atoms with van der Waals surface area (Å²) in [6.45, 7) is 0. The molecule has 0 unspecified atom stereocenters. The molecule has 1 aromatic rings. The van der Waals surface area contributed by atoms with Crippen LogP contribution in [0.2, 0.25) is 5.02 Å². The van der Waals surface area contributed by atoms with Crippen molar-refractivity contribution in [2.75, 3.05) is 12.4 Å². The van der Waals surface area contributed by atoms with Gasteiger partial charge in [-0.15, -0.1) is 0 Å². The maximum Gasteiger partial charge on any atom is 0.319 e. The van der Waals surface area contributed by atoms with Crippen molar-refractivity contribution in [3.8, 4) is 5.75 Å². The summed E-state index contributed by atoms with van der Waals surface area (Å²) in [5.41, 5.74) is 0.586. The number of benzene rings is 1. The second-order valence-electron chi connectivity index (χ2n) is 4.75. The van der Waals surface area contributed by atoms with Crippen molar-refractivity contribution >= 4 is 23.3 Å². The van der Waals surface area contributed by atoms with Gasteiger partial charge in [0, 0.05) is 6.04 Å². The third-order valence-electron chi connectivity index (χ3n) is 3.36. The van der Waals surface area contributed by atoms with E-state index in [-0.39, 0.29) is 12.1 Å². The van der Waals surface area contributed by atoms with Crippen molar-refractivity contribution in [1.82, 2.24) is 5.32 Å². The molecule has 0 spiro atoms. The molecular formula is C14H19ClN2O2. The van der Waals surface area contributed by atoms with E-state index in [9.17, 15) is 4.79 Å². The number of hydrogen-bond acceptors (Lipinski definition) is 2. The smallest absolute Gasteiger partial charge is 0.319 e. The second kappa shape index (κ2) is 6.66. The van der Waals surface area contributed by atoms with Crippen LogP contribution in [0.3, 0.4) is 0 Å². The zero-order valence-corrected chi connectivity index (χ0v) is 11.8. The lowest BCUT2D eigenvalue weighted by molar-refractivity contribution is 0.244. The number of nitrogens with one attached hydrogen (secondary N) is 2. The van der Waals surface area contributed by atoms with Gasteiger partial charge in [-0.3, -0.25) is 0 Å². The molecule has 0 atom stereocenters. The SMILES string of the molecule is COc1c(Cl)cccc1NC(=O)NC1CCCCC1. The number of carbonyl (C=O) groups is 1. The molecule has 1 fully saturated rings. The van der Waals surface area contributed by atoms with Crippen LogP contribution < -0.4 is 15.4 Å². The lowest BCUT2D eigenvalue weighted by Gasteiger charge is -2.23. The van der Waals surface area contributed by atoms with Gasteiger partial charge in [-0.25, -0.2) is 4.79 Å². The van der Waals surface area contributed by atoms with Crippen LogP contribution >= 0.6 is 11.6 Å². The topological polar surface area (TPSA) is 50.4 Å². The number of amides is 2. The molecule has 0 heterocycles. The maximum absolute atomic E-state index is 11.9. The molecule has 2 rings (SSSR count). The van der Waals surface area contributed by atoms with Gasteiger partial charge in [0.25, 0.3) is 0 Å². The van der Waals surface area contributed by atoms with Crippen molar-refractivity contribution in [1.29, 1.82) is 0 Å². The standard InChI is InChI=1S/C14H19ClN2O2/c1-19-13-11(15)8-5-9-12(13)17-14(18)16-10-6-3-2-4-7-10/h5,8-10H,2-4,6-7H2,1H3,(H2,16,17,18). The molecule has 0 aliphatic heterocycles. The summed E-state index contributed by atoms with van der Waals surface area (Å²) >= 11 is 6.01. The van der Waals surface area contributed by atoms with Crippen molar-refractivity contribution in [2.45, 2.75) is 38.1 Å². The highest BCUT2D eigenvalue weighted by Crippen LogP contribution is 2.32. The van der Waals surface area contributed by atoms with Gasteiger partial charge >= 0.3 is 6.03 Å². The summed E-state index contributed by atoms with van der Waals surface area (Å²) < 4.78 is 5.19. The number of carbonyl (C=O) groups excluding carboxylic acids is 1. The number of anilines is 1. The number of ether oxygens (including phenoxy) is 1. The Balaban J connectivity index is 1.96. The highest BCUT2D eigenvalue weighted by molar-refractivity contribution is 6.32. The van der Waals surface area contributed by atoms with Crippen molar-refractivity contribution in [2.24, 2.45) is 0 Å². The Labute approximate surface area is 118 Å². The number of urea groups is 1. The molecule has 4 nitrogen and oxygen atoms in total. The van der Waals surface area contributed by atoms with Crippen LogP contribution in [0.25, 0.3) is 0 Å². The van der Waals surface area contributed by atoms with E-state index in [4.69, 9.17) is 16.3 Å². The van der Waals surface area contributed by atoms with Crippen LogP contribution in [0.1, 0.15) is 32.1 Å². The summed E-state index contributed by atoms with van der Waals surface area (Å²) in [5, 5.41) is 6.26. The Hall–Kier alpha value is -1.42. The van der Waals surface area contributed by atoms with Gasteiger partial charge in [-0.2, -0.15) is 0 Å². The summed E-state index contributed by atoms with van der Waals surface area (Å²) in [4.78, 5) is 11.9. The second-order valence-corrected chi connectivity index (χ2v) is 5.16. The predicted octanol–water partition coefficient (Wildman–Crippen LogP) is 3.80. The quantitative estimate of drug-likeness (QED) is 0.886. The molecule has 1 saturated carbocycles. The number of halogens is 1. The van der Waals surface area contributed by atoms with Gasteiger partial charge in [0.1, 0.15) is 0 Å². The minimum absolute atomic E-state index is 0.201. The first-order valence-electron chi connectivity index (χ1n) is 6.60. The number of rotatable bonds is 3. The van der Waals surface area contributed by atoms with E-state index in [1.807, 2.05) is 0 Å². The van der Waals surface area contributed by atoms with Crippen LogP contribution in [0, 0.1) is 0 Å². The van der Waals surface area contributed by atoms with E-state index < -0.39 is 0 Å². The highest BCUT2D eigenvalue weighted by Gasteiger charge is 2.16. The molecular weight excluding hydrogens is 264 g/mol. The Bertz CT molecular complexity index is 445. The molecule has 2 N–H and O–H groups in total. The first kappa shape index (κ1) is 14.0. The molecule has 0 bridgehead atoms. The minimum atomic E-state index is -0.201. The molecule has 0 radical (unpaired) electrons. The number of para-hydroxylation sites is 1. The molecule has 2 amide bonds. The van der Waals surface area contributed by atoms with Crippen molar-refractivity contribution in [3.63, 3.8) is 0 Å². The lowest BCUT2D eigenvalue weighted by Crippen LogP contribution is -2.39. The molecule has 104 valence electrons. The Kier molecular flexibility index (Phi) is 4.91. The highest BCUT2D eigenvalue weighted by atomic mass is 35.5. The van der Waals surface area contributed by atoms with Crippen LogP contribution in [-0.4, -0.2) is 19.2 Å². The van der Waals surface area contributed by atoms with Crippen molar-refractivity contribution in [3.05, 3.63) is 23.2 Å². The van der Waals surface area contributed by atoms with Crippen LogP contribution in [0.4, 0.5) is 10.5 Å². The molecule has 0 saturated heterocycles. The number of methoxy groups -OCH3 is 1. The zero-order valence-electron chi connectivity index (χ0n) is 11.0. The Morgan fingerprint density at radius 3 is 2.74 bits per heavy atom. The molecule has 1 aliphatic carbocycles. The van der Waals surface area contributed by atoms with Gasteiger partial charge in [0.15, 0.2) is 5.75 Å². The molecule has 1 aromatic carbocycles. The third kappa shape index (κ3) is 3.77. The van der Waals surface area contributed by atoms with Gasteiger partial charge < -0.3 is 15.4 Å². The van der Waals surface area contributed by atoms with Gasteiger partial charge in [0.2, 0.25) is 0 Å². The van der Waals surface area contributed by atoms with Crippen LogP contribution in [0.15, 0.2) is 18.2 Å².